The predicted molar refractivity (Wildman–Crippen MR) is 115 cm³/mol. The van der Waals surface area contributed by atoms with Crippen LogP contribution in [0.25, 0.3) is 0 Å². The van der Waals surface area contributed by atoms with Gasteiger partial charge in [0.1, 0.15) is 6.54 Å². The number of primary amides is 1. The predicted octanol–water partition coefficient (Wildman–Crippen LogP) is 1.71. The van der Waals surface area contributed by atoms with E-state index in [0.29, 0.717) is 5.69 Å². The number of para-hydroxylation sites is 1. The summed E-state index contributed by atoms with van der Waals surface area (Å²) in [5.74, 6) is -1.63. The Bertz CT molecular complexity index is 1060. The minimum absolute atomic E-state index is 0.0307. The zero-order valence-electron chi connectivity index (χ0n) is 16.5. The van der Waals surface area contributed by atoms with Gasteiger partial charge in [-0.2, -0.15) is 0 Å². The summed E-state index contributed by atoms with van der Waals surface area (Å²) in [4.78, 5) is 33.9. The Hall–Kier alpha value is -3.31. The third-order valence-electron chi connectivity index (χ3n) is 3.90. The Labute approximate surface area is 184 Å². The van der Waals surface area contributed by atoms with Crippen molar-refractivity contribution >= 4 is 50.9 Å². The first kappa shape index (κ1) is 24.0. The van der Waals surface area contributed by atoms with Crippen molar-refractivity contribution in [2.45, 2.75) is 11.8 Å². The molecule has 0 aliphatic rings. The van der Waals surface area contributed by atoms with Gasteiger partial charge in [-0.3, -0.25) is 13.9 Å². The summed E-state index contributed by atoms with van der Waals surface area (Å²) in [5, 5.41) is 4.51. The number of nitrogens with two attached hydrogens (primary N) is 1. The third kappa shape index (κ3) is 6.59. The van der Waals surface area contributed by atoms with E-state index in [1.54, 1.807) is 37.3 Å². The summed E-state index contributed by atoms with van der Waals surface area (Å²) in [6, 6.07) is 11.5. The monoisotopic (exact) mass is 468 g/mol. The lowest BCUT2D eigenvalue weighted by Gasteiger charge is -2.23. The molecule has 0 aliphatic carbocycles. The van der Waals surface area contributed by atoms with Gasteiger partial charge >= 0.3 is 12.0 Å². The van der Waals surface area contributed by atoms with Crippen LogP contribution in [-0.4, -0.2) is 46.0 Å². The lowest BCUT2D eigenvalue weighted by atomic mass is 10.3. The number of sulfonamides is 1. The second-order valence-electron chi connectivity index (χ2n) is 6.07. The van der Waals surface area contributed by atoms with E-state index in [0.717, 1.165) is 0 Å². The SMILES string of the molecule is CCN(c1ccccc1)S(=O)(=O)c1ccc(Cl)c(NC(=O)COC(=O)CNC(N)=O)c1. The summed E-state index contributed by atoms with van der Waals surface area (Å²) in [6.07, 6.45) is 0. The summed E-state index contributed by atoms with van der Waals surface area (Å²) < 4.78 is 32.1. The zero-order chi connectivity index (χ0) is 23.0. The Morgan fingerprint density at radius 1 is 1.13 bits per heavy atom. The number of hydrogen-bond acceptors (Lipinski definition) is 6. The van der Waals surface area contributed by atoms with Crippen molar-refractivity contribution < 1.29 is 27.5 Å². The molecule has 0 atom stereocenters. The number of anilines is 2. The third-order valence-corrected chi connectivity index (χ3v) is 6.13. The van der Waals surface area contributed by atoms with Crippen LogP contribution in [0.15, 0.2) is 53.4 Å². The van der Waals surface area contributed by atoms with Crippen LogP contribution in [0.5, 0.6) is 0 Å². The van der Waals surface area contributed by atoms with Gasteiger partial charge in [-0.15, -0.1) is 0 Å². The summed E-state index contributed by atoms with van der Waals surface area (Å²) in [5.41, 5.74) is 5.35. The first-order valence-electron chi connectivity index (χ1n) is 9.01. The molecule has 0 radical (unpaired) electrons. The molecule has 166 valence electrons. The van der Waals surface area contributed by atoms with Crippen molar-refractivity contribution in [3.8, 4) is 0 Å². The maximum atomic E-state index is 13.1. The summed E-state index contributed by atoms with van der Waals surface area (Å²) in [6.45, 7) is 0.720. The molecule has 0 unspecified atom stereocenters. The summed E-state index contributed by atoms with van der Waals surface area (Å²) >= 11 is 6.08. The molecule has 0 fully saturated rings. The number of esters is 1. The fraction of sp³-hybridized carbons (Fsp3) is 0.211. The van der Waals surface area contributed by atoms with E-state index in [-0.39, 0.29) is 22.2 Å². The number of benzene rings is 2. The minimum Gasteiger partial charge on any atom is -0.454 e. The van der Waals surface area contributed by atoms with Crippen molar-refractivity contribution in [3.63, 3.8) is 0 Å². The van der Waals surface area contributed by atoms with E-state index >= 15 is 0 Å². The van der Waals surface area contributed by atoms with Crippen LogP contribution in [-0.2, 0) is 24.3 Å². The highest BCUT2D eigenvalue weighted by atomic mass is 35.5. The Morgan fingerprint density at radius 2 is 1.81 bits per heavy atom. The van der Waals surface area contributed by atoms with Crippen LogP contribution in [0.2, 0.25) is 5.02 Å². The number of amides is 3. The zero-order valence-corrected chi connectivity index (χ0v) is 18.1. The van der Waals surface area contributed by atoms with Gasteiger partial charge in [0.25, 0.3) is 15.9 Å². The van der Waals surface area contributed by atoms with E-state index in [1.165, 1.54) is 22.5 Å². The molecular weight excluding hydrogens is 448 g/mol. The van der Waals surface area contributed by atoms with Gasteiger partial charge < -0.3 is 21.1 Å². The number of hydrogen-bond donors (Lipinski definition) is 3. The highest BCUT2D eigenvalue weighted by molar-refractivity contribution is 7.92. The van der Waals surface area contributed by atoms with Gasteiger partial charge in [-0.05, 0) is 37.3 Å². The highest BCUT2D eigenvalue weighted by Crippen LogP contribution is 2.29. The molecule has 12 heteroatoms. The van der Waals surface area contributed by atoms with Crippen LogP contribution < -0.4 is 20.7 Å². The summed E-state index contributed by atoms with van der Waals surface area (Å²) in [7, 11) is -3.93. The van der Waals surface area contributed by atoms with Crippen molar-refractivity contribution in [3.05, 3.63) is 53.6 Å². The van der Waals surface area contributed by atoms with Gasteiger partial charge in [0, 0.05) is 6.54 Å². The van der Waals surface area contributed by atoms with Gasteiger partial charge in [0.05, 0.1) is 21.3 Å². The second kappa shape index (κ2) is 10.6. The van der Waals surface area contributed by atoms with Gasteiger partial charge in [-0.1, -0.05) is 29.8 Å². The van der Waals surface area contributed by atoms with Crippen molar-refractivity contribution in [1.29, 1.82) is 0 Å². The van der Waals surface area contributed by atoms with E-state index in [9.17, 15) is 22.8 Å². The number of halogens is 1. The van der Waals surface area contributed by atoms with E-state index in [4.69, 9.17) is 17.3 Å². The maximum Gasteiger partial charge on any atom is 0.325 e. The molecule has 0 saturated carbocycles. The first-order chi connectivity index (χ1) is 14.6. The molecule has 2 rings (SSSR count). The number of ether oxygens (including phenoxy) is 1. The smallest absolute Gasteiger partial charge is 0.325 e. The standard InChI is InChI=1S/C19H21ClN4O6S/c1-2-24(13-6-4-3-5-7-13)31(28,29)14-8-9-15(20)16(10-14)23-17(25)12-30-18(26)11-22-19(21)27/h3-10H,2,11-12H2,1H3,(H,23,25)(H3,21,22,27). The number of carbonyl (C=O) groups excluding carboxylic acids is 3. The molecule has 0 saturated heterocycles. The van der Waals surface area contributed by atoms with Crippen molar-refractivity contribution in [2.24, 2.45) is 5.73 Å². The lowest BCUT2D eigenvalue weighted by Crippen LogP contribution is -2.35. The molecule has 10 nitrogen and oxygen atoms in total. The van der Waals surface area contributed by atoms with E-state index in [1.807, 2.05) is 5.32 Å². The molecule has 0 aromatic heterocycles. The largest absolute Gasteiger partial charge is 0.454 e. The Kier molecular flexibility index (Phi) is 8.22. The number of urea groups is 1. The molecule has 2 aromatic carbocycles. The Balaban J connectivity index is 2.15. The van der Waals surface area contributed by atoms with Gasteiger partial charge in [0.2, 0.25) is 0 Å². The fourth-order valence-corrected chi connectivity index (χ4v) is 4.18. The molecule has 31 heavy (non-hydrogen) atoms. The first-order valence-corrected chi connectivity index (χ1v) is 10.8. The highest BCUT2D eigenvalue weighted by Gasteiger charge is 2.24. The van der Waals surface area contributed by atoms with Crippen molar-refractivity contribution in [2.75, 3.05) is 29.3 Å². The molecular formula is C19H21ClN4O6S. The normalized spacial score (nSPS) is 10.8. The molecule has 0 aliphatic heterocycles. The number of nitrogens with zero attached hydrogens (tertiary/aromatic N) is 1. The number of nitrogens with one attached hydrogen (secondary N) is 2. The fourth-order valence-electron chi connectivity index (χ4n) is 2.52. The average molecular weight is 469 g/mol. The molecule has 0 heterocycles. The van der Waals surface area contributed by atoms with E-state index < -0.39 is 41.1 Å². The quantitative estimate of drug-likeness (QED) is 0.477. The van der Waals surface area contributed by atoms with Gasteiger partial charge in [0.15, 0.2) is 6.61 Å². The molecule has 0 bridgehead atoms. The molecule has 0 spiro atoms. The average Bonchev–Trinajstić information content (AvgIpc) is 2.73. The second-order valence-corrected chi connectivity index (χ2v) is 8.34. The number of rotatable bonds is 9. The van der Waals surface area contributed by atoms with Crippen LogP contribution in [0, 0.1) is 0 Å². The van der Waals surface area contributed by atoms with Crippen molar-refractivity contribution in [1.82, 2.24) is 5.32 Å². The van der Waals surface area contributed by atoms with Crippen LogP contribution in [0.3, 0.4) is 0 Å². The van der Waals surface area contributed by atoms with Crippen LogP contribution >= 0.6 is 11.6 Å². The minimum atomic E-state index is -3.93. The van der Waals surface area contributed by atoms with Crippen LogP contribution in [0.1, 0.15) is 6.92 Å². The molecule has 4 N–H and O–H groups in total. The Morgan fingerprint density at radius 3 is 2.42 bits per heavy atom. The molecule has 2 aromatic rings. The maximum absolute atomic E-state index is 13.1. The van der Waals surface area contributed by atoms with Gasteiger partial charge in [-0.25, -0.2) is 13.2 Å². The number of carbonyl (C=O) groups is 3. The topological polar surface area (TPSA) is 148 Å². The molecule has 3 amide bonds. The van der Waals surface area contributed by atoms with E-state index in [2.05, 4.69) is 10.1 Å². The van der Waals surface area contributed by atoms with Crippen LogP contribution in [0.4, 0.5) is 16.2 Å². The lowest BCUT2D eigenvalue weighted by molar-refractivity contribution is -0.146.